The molecule has 1 heteroatoms. The van der Waals surface area contributed by atoms with Gasteiger partial charge in [-0.15, -0.1) is 0 Å². The second-order valence-corrected chi connectivity index (χ2v) is 6.62. The summed E-state index contributed by atoms with van der Waals surface area (Å²) in [6.07, 6.45) is 4.09. The van der Waals surface area contributed by atoms with Crippen molar-refractivity contribution in [3.8, 4) is 5.75 Å². The van der Waals surface area contributed by atoms with Crippen molar-refractivity contribution in [1.29, 1.82) is 0 Å². The first-order valence-electron chi connectivity index (χ1n) is 6.78. The van der Waals surface area contributed by atoms with Crippen LogP contribution < -0.4 is 0 Å². The van der Waals surface area contributed by atoms with Gasteiger partial charge in [0.25, 0.3) is 0 Å². The Hall–Kier alpha value is -0.980. The summed E-state index contributed by atoms with van der Waals surface area (Å²) < 4.78 is 0. The van der Waals surface area contributed by atoms with Crippen molar-refractivity contribution in [3.63, 3.8) is 0 Å². The highest BCUT2D eigenvalue weighted by atomic mass is 16.3. The molecule has 1 nitrogen and oxygen atoms in total. The van der Waals surface area contributed by atoms with Crippen LogP contribution in [-0.4, -0.2) is 5.11 Å². The third-order valence-electron chi connectivity index (χ3n) is 5.91. The molecule has 3 aliphatic rings. The standard InChI is InChI=1S/C16H22O/c1-11-4-5-13-10-16(11,15(13,2)3)12-6-8-14(17)9-7-12/h6-9,11,13,17H,4-5,10H2,1-3H3. The molecule has 1 aromatic rings. The molecule has 3 aliphatic carbocycles. The highest BCUT2D eigenvalue weighted by Crippen LogP contribution is 2.70. The Labute approximate surface area is 104 Å². The Balaban J connectivity index is 2.07. The first kappa shape index (κ1) is 11.1. The number of aromatic hydroxyl groups is 1. The number of benzene rings is 1. The van der Waals surface area contributed by atoms with E-state index in [0.29, 0.717) is 16.6 Å². The lowest BCUT2D eigenvalue weighted by atomic mass is 9.35. The molecule has 0 aromatic heterocycles. The smallest absolute Gasteiger partial charge is 0.115 e. The molecule has 0 saturated heterocycles. The number of hydrogen-bond acceptors (Lipinski definition) is 1. The molecule has 3 fully saturated rings. The zero-order chi connectivity index (χ0) is 12.3. The second-order valence-electron chi connectivity index (χ2n) is 6.62. The Bertz CT molecular complexity index is 431. The normalized spacial score (nSPS) is 38.5. The molecule has 0 aliphatic heterocycles. The van der Waals surface area contributed by atoms with Crippen LogP contribution in [0.3, 0.4) is 0 Å². The lowest BCUT2D eigenvalue weighted by Gasteiger charge is -2.69. The van der Waals surface area contributed by atoms with Gasteiger partial charge in [-0.25, -0.2) is 0 Å². The fraction of sp³-hybridized carbons (Fsp3) is 0.625. The highest BCUT2D eigenvalue weighted by Gasteiger charge is 2.64. The van der Waals surface area contributed by atoms with Gasteiger partial charge in [0, 0.05) is 5.41 Å². The Kier molecular flexibility index (Phi) is 2.14. The van der Waals surface area contributed by atoms with Crippen LogP contribution in [0.4, 0.5) is 0 Å². The molecule has 1 N–H and O–H groups in total. The molecule has 17 heavy (non-hydrogen) atoms. The van der Waals surface area contributed by atoms with Gasteiger partial charge in [0.05, 0.1) is 0 Å². The van der Waals surface area contributed by atoms with Crippen LogP contribution in [0.2, 0.25) is 0 Å². The summed E-state index contributed by atoms with van der Waals surface area (Å²) in [4.78, 5) is 0. The van der Waals surface area contributed by atoms with E-state index in [0.717, 1.165) is 11.8 Å². The van der Waals surface area contributed by atoms with Crippen LogP contribution in [0.5, 0.6) is 5.75 Å². The van der Waals surface area contributed by atoms with E-state index >= 15 is 0 Å². The maximum Gasteiger partial charge on any atom is 0.115 e. The fourth-order valence-corrected chi connectivity index (χ4v) is 4.67. The number of phenolic OH excluding ortho intramolecular Hbond substituents is 1. The third-order valence-corrected chi connectivity index (χ3v) is 5.91. The van der Waals surface area contributed by atoms with Gasteiger partial charge in [-0.1, -0.05) is 32.9 Å². The maximum absolute atomic E-state index is 9.45. The van der Waals surface area contributed by atoms with Gasteiger partial charge < -0.3 is 5.11 Å². The van der Waals surface area contributed by atoms with Crippen LogP contribution in [0.1, 0.15) is 45.6 Å². The van der Waals surface area contributed by atoms with Gasteiger partial charge in [0.2, 0.25) is 0 Å². The molecule has 4 rings (SSSR count). The molecular weight excluding hydrogens is 208 g/mol. The minimum atomic E-state index is 0.351. The number of phenols is 1. The van der Waals surface area contributed by atoms with Crippen LogP contribution >= 0.6 is 0 Å². The van der Waals surface area contributed by atoms with E-state index in [9.17, 15) is 5.11 Å². The van der Waals surface area contributed by atoms with Gasteiger partial charge in [0.15, 0.2) is 0 Å². The largest absolute Gasteiger partial charge is 0.508 e. The molecule has 1 aromatic carbocycles. The predicted octanol–water partition coefficient (Wildman–Crippen LogP) is 4.11. The van der Waals surface area contributed by atoms with Crippen molar-refractivity contribution in [2.45, 2.75) is 45.4 Å². The molecule has 0 heterocycles. The molecule has 92 valence electrons. The van der Waals surface area contributed by atoms with Crippen LogP contribution in [0.15, 0.2) is 24.3 Å². The van der Waals surface area contributed by atoms with Crippen molar-refractivity contribution >= 4 is 0 Å². The SMILES string of the molecule is CC1CCC2CC1(c1ccc(O)cc1)C2(C)C. The summed E-state index contributed by atoms with van der Waals surface area (Å²) >= 11 is 0. The van der Waals surface area contributed by atoms with Crippen molar-refractivity contribution < 1.29 is 5.11 Å². The highest BCUT2D eigenvalue weighted by molar-refractivity contribution is 5.38. The van der Waals surface area contributed by atoms with Crippen molar-refractivity contribution in [2.24, 2.45) is 17.3 Å². The topological polar surface area (TPSA) is 20.2 Å². The van der Waals surface area contributed by atoms with Crippen molar-refractivity contribution in [1.82, 2.24) is 0 Å². The van der Waals surface area contributed by atoms with E-state index in [1.54, 1.807) is 0 Å². The Morgan fingerprint density at radius 2 is 1.76 bits per heavy atom. The van der Waals surface area contributed by atoms with Crippen molar-refractivity contribution in [3.05, 3.63) is 29.8 Å². The van der Waals surface area contributed by atoms with Gasteiger partial charge in [-0.2, -0.15) is 0 Å². The first-order valence-corrected chi connectivity index (χ1v) is 6.78. The van der Waals surface area contributed by atoms with E-state index in [2.05, 4.69) is 32.9 Å². The molecule has 3 atom stereocenters. The van der Waals surface area contributed by atoms with E-state index in [1.807, 2.05) is 12.1 Å². The van der Waals surface area contributed by atoms with E-state index < -0.39 is 0 Å². The summed E-state index contributed by atoms with van der Waals surface area (Å²) in [7, 11) is 0. The number of rotatable bonds is 1. The molecule has 3 unspecified atom stereocenters. The number of hydrogen-bond donors (Lipinski definition) is 1. The second kappa shape index (κ2) is 3.28. The van der Waals surface area contributed by atoms with Gasteiger partial charge in [-0.05, 0) is 54.2 Å². The van der Waals surface area contributed by atoms with E-state index in [4.69, 9.17) is 0 Å². The van der Waals surface area contributed by atoms with Crippen LogP contribution in [0.25, 0.3) is 0 Å². The average molecular weight is 230 g/mol. The van der Waals surface area contributed by atoms with Crippen LogP contribution in [0, 0.1) is 17.3 Å². The summed E-state index contributed by atoms with van der Waals surface area (Å²) in [5, 5.41) is 9.45. The minimum Gasteiger partial charge on any atom is -0.508 e. The zero-order valence-corrected chi connectivity index (χ0v) is 11.0. The van der Waals surface area contributed by atoms with Crippen molar-refractivity contribution in [2.75, 3.05) is 0 Å². The molecule has 0 radical (unpaired) electrons. The minimum absolute atomic E-state index is 0.351. The quantitative estimate of drug-likeness (QED) is 0.770. The summed E-state index contributed by atoms with van der Waals surface area (Å²) in [5.74, 6) is 2.03. The lowest BCUT2D eigenvalue weighted by Crippen LogP contribution is -2.64. The first-order chi connectivity index (χ1) is 7.98. The predicted molar refractivity (Wildman–Crippen MR) is 70.1 cm³/mol. The molecule has 0 amide bonds. The van der Waals surface area contributed by atoms with Gasteiger partial charge in [0.1, 0.15) is 5.75 Å². The molecule has 3 saturated carbocycles. The maximum atomic E-state index is 9.45. The molecule has 2 bridgehead atoms. The molecular formula is C16H22O. The average Bonchev–Trinajstić information content (AvgIpc) is 2.30. The van der Waals surface area contributed by atoms with E-state index in [-0.39, 0.29) is 0 Å². The van der Waals surface area contributed by atoms with E-state index in [1.165, 1.54) is 24.8 Å². The summed E-state index contributed by atoms with van der Waals surface area (Å²) in [5.41, 5.74) is 2.20. The fourth-order valence-electron chi connectivity index (χ4n) is 4.67. The summed E-state index contributed by atoms with van der Waals surface area (Å²) in [6, 6.07) is 7.95. The van der Waals surface area contributed by atoms with Crippen LogP contribution in [-0.2, 0) is 5.41 Å². The Morgan fingerprint density at radius 3 is 2.29 bits per heavy atom. The monoisotopic (exact) mass is 230 g/mol. The summed E-state index contributed by atoms with van der Waals surface area (Å²) in [6.45, 7) is 7.28. The van der Waals surface area contributed by atoms with Gasteiger partial charge in [-0.3, -0.25) is 0 Å². The Morgan fingerprint density at radius 1 is 1.12 bits per heavy atom. The lowest BCUT2D eigenvalue weighted by molar-refractivity contribution is -0.133. The number of fused-ring (bicyclic) bond motifs is 2. The zero-order valence-electron chi connectivity index (χ0n) is 11.0. The molecule has 0 spiro atoms. The van der Waals surface area contributed by atoms with Gasteiger partial charge >= 0.3 is 0 Å². The third kappa shape index (κ3) is 1.20.